The van der Waals surface area contributed by atoms with E-state index in [0.29, 0.717) is 22.9 Å². The molecule has 3 nitrogen and oxygen atoms in total. The van der Waals surface area contributed by atoms with Gasteiger partial charge in [-0.2, -0.15) is 0 Å². The van der Waals surface area contributed by atoms with E-state index >= 15 is 0 Å². The van der Waals surface area contributed by atoms with Gasteiger partial charge in [-0.05, 0) is 23.9 Å². The van der Waals surface area contributed by atoms with Crippen LogP contribution in [0.5, 0.6) is 5.75 Å². The average molecular weight is 230 g/mol. The first-order valence-electron chi connectivity index (χ1n) is 5.62. The molecular weight excluding hydrogens is 216 g/mol. The molecule has 17 heavy (non-hydrogen) atoms. The summed E-state index contributed by atoms with van der Waals surface area (Å²) in [6, 6.07) is 10.3. The Kier molecular flexibility index (Phi) is 3.28. The molecule has 2 rings (SSSR count). The highest BCUT2D eigenvalue weighted by atomic mass is 16.5. The summed E-state index contributed by atoms with van der Waals surface area (Å²) in [5, 5.41) is 11.1. The molecule has 2 aromatic rings. The molecule has 3 heteroatoms. The molecule has 0 aromatic heterocycles. The molecule has 0 saturated carbocycles. The summed E-state index contributed by atoms with van der Waals surface area (Å²) in [5.41, 5.74) is 0.492. The second-order valence-electron chi connectivity index (χ2n) is 3.81. The van der Waals surface area contributed by atoms with Crippen LogP contribution in [-0.4, -0.2) is 17.7 Å². The van der Waals surface area contributed by atoms with Gasteiger partial charge in [-0.15, -0.1) is 0 Å². The second-order valence-corrected chi connectivity index (χ2v) is 3.81. The van der Waals surface area contributed by atoms with E-state index in [2.05, 4.69) is 0 Å². The van der Waals surface area contributed by atoms with Crippen molar-refractivity contribution in [1.82, 2.24) is 0 Å². The van der Waals surface area contributed by atoms with Crippen LogP contribution in [0.15, 0.2) is 36.4 Å². The van der Waals surface area contributed by atoms with Crippen molar-refractivity contribution in [1.29, 1.82) is 0 Å². The predicted molar refractivity (Wildman–Crippen MR) is 66.2 cm³/mol. The van der Waals surface area contributed by atoms with E-state index in [1.807, 2.05) is 6.92 Å². The highest BCUT2D eigenvalue weighted by Crippen LogP contribution is 2.27. The first-order valence-corrected chi connectivity index (χ1v) is 5.62. The average Bonchev–Trinajstić information content (AvgIpc) is 2.36. The van der Waals surface area contributed by atoms with E-state index in [9.17, 15) is 9.90 Å². The zero-order chi connectivity index (χ0) is 12.3. The Morgan fingerprint density at radius 3 is 2.65 bits per heavy atom. The molecule has 0 aliphatic rings. The highest BCUT2D eigenvalue weighted by Gasteiger charge is 2.11. The van der Waals surface area contributed by atoms with E-state index in [0.717, 1.165) is 6.42 Å². The van der Waals surface area contributed by atoms with Gasteiger partial charge in [0.05, 0.1) is 12.2 Å². The second kappa shape index (κ2) is 4.87. The minimum atomic E-state index is -0.344. The summed E-state index contributed by atoms with van der Waals surface area (Å²) in [6.07, 6.45) is 0.793. The van der Waals surface area contributed by atoms with Gasteiger partial charge in [0.1, 0.15) is 5.75 Å². The lowest BCUT2D eigenvalue weighted by Crippen LogP contribution is -2.06. The smallest absolute Gasteiger partial charge is 0.338 e. The molecule has 0 spiro atoms. The number of phenols is 1. The summed E-state index contributed by atoms with van der Waals surface area (Å²) in [6.45, 7) is 2.36. The van der Waals surface area contributed by atoms with Crippen LogP contribution >= 0.6 is 0 Å². The van der Waals surface area contributed by atoms with Crippen LogP contribution in [0.25, 0.3) is 10.8 Å². The Labute approximate surface area is 99.6 Å². The number of esters is 1. The lowest BCUT2D eigenvalue weighted by atomic mass is 10.0. The van der Waals surface area contributed by atoms with Crippen LogP contribution in [-0.2, 0) is 4.74 Å². The number of carbonyl (C=O) groups excluding carboxylic acids is 1. The quantitative estimate of drug-likeness (QED) is 0.824. The molecule has 2 aromatic carbocycles. The van der Waals surface area contributed by atoms with E-state index < -0.39 is 0 Å². The molecule has 0 saturated heterocycles. The molecule has 0 aliphatic carbocycles. The van der Waals surface area contributed by atoms with E-state index in [-0.39, 0.29) is 11.7 Å². The number of hydrogen-bond acceptors (Lipinski definition) is 3. The van der Waals surface area contributed by atoms with Crippen molar-refractivity contribution in [3.8, 4) is 5.75 Å². The number of benzene rings is 2. The molecule has 0 amide bonds. The van der Waals surface area contributed by atoms with Crippen LogP contribution in [0.2, 0.25) is 0 Å². The van der Waals surface area contributed by atoms with E-state index in [1.54, 1.807) is 36.4 Å². The van der Waals surface area contributed by atoms with Crippen molar-refractivity contribution < 1.29 is 14.6 Å². The molecule has 0 bridgehead atoms. The van der Waals surface area contributed by atoms with Gasteiger partial charge in [-0.3, -0.25) is 0 Å². The standard InChI is InChI=1S/C14H14O3/c1-2-9-17-14(16)12-7-3-6-11-10(12)5-4-8-13(11)15/h3-8,15H,2,9H2,1H3. The van der Waals surface area contributed by atoms with Gasteiger partial charge >= 0.3 is 5.97 Å². The lowest BCUT2D eigenvalue weighted by molar-refractivity contribution is 0.0507. The van der Waals surface area contributed by atoms with Crippen LogP contribution < -0.4 is 0 Å². The fourth-order valence-electron chi connectivity index (χ4n) is 1.74. The summed E-state index contributed by atoms with van der Waals surface area (Å²) >= 11 is 0. The Morgan fingerprint density at radius 1 is 1.18 bits per heavy atom. The number of carbonyl (C=O) groups is 1. The number of phenolic OH excluding ortho intramolecular Hbond substituents is 1. The van der Waals surface area contributed by atoms with Crippen LogP contribution in [0, 0.1) is 0 Å². The van der Waals surface area contributed by atoms with Gasteiger partial charge < -0.3 is 9.84 Å². The molecule has 88 valence electrons. The normalized spacial score (nSPS) is 10.4. The topological polar surface area (TPSA) is 46.5 Å². The SMILES string of the molecule is CCCOC(=O)c1cccc2c(O)cccc12. The number of fused-ring (bicyclic) bond motifs is 1. The minimum Gasteiger partial charge on any atom is -0.507 e. The Bertz CT molecular complexity index is 546. The zero-order valence-electron chi connectivity index (χ0n) is 9.64. The molecule has 0 heterocycles. The number of ether oxygens (including phenoxy) is 1. The summed E-state index contributed by atoms with van der Waals surface area (Å²) in [4.78, 5) is 11.8. The van der Waals surface area contributed by atoms with Gasteiger partial charge in [0, 0.05) is 5.39 Å². The third-order valence-electron chi connectivity index (χ3n) is 2.56. The first-order chi connectivity index (χ1) is 8.24. The predicted octanol–water partition coefficient (Wildman–Crippen LogP) is 3.11. The fourth-order valence-corrected chi connectivity index (χ4v) is 1.74. The number of rotatable bonds is 3. The lowest BCUT2D eigenvalue weighted by Gasteiger charge is -2.07. The van der Waals surface area contributed by atoms with Crippen molar-refractivity contribution in [2.24, 2.45) is 0 Å². The van der Waals surface area contributed by atoms with Crippen LogP contribution in [0.1, 0.15) is 23.7 Å². The van der Waals surface area contributed by atoms with Crippen LogP contribution in [0.3, 0.4) is 0 Å². The molecule has 0 atom stereocenters. The molecule has 0 radical (unpaired) electrons. The third-order valence-corrected chi connectivity index (χ3v) is 2.56. The summed E-state index contributed by atoms with van der Waals surface area (Å²) in [5.74, 6) is -0.171. The monoisotopic (exact) mass is 230 g/mol. The van der Waals surface area contributed by atoms with E-state index in [4.69, 9.17) is 4.74 Å². The fraction of sp³-hybridized carbons (Fsp3) is 0.214. The molecule has 1 N–H and O–H groups in total. The molecule has 0 unspecified atom stereocenters. The van der Waals surface area contributed by atoms with Crippen molar-refractivity contribution >= 4 is 16.7 Å². The van der Waals surface area contributed by atoms with Gasteiger partial charge in [0.15, 0.2) is 0 Å². The van der Waals surface area contributed by atoms with Crippen molar-refractivity contribution in [3.05, 3.63) is 42.0 Å². The minimum absolute atomic E-state index is 0.174. The van der Waals surface area contributed by atoms with Crippen molar-refractivity contribution in [2.75, 3.05) is 6.61 Å². The zero-order valence-corrected chi connectivity index (χ0v) is 9.64. The van der Waals surface area contributed by atoms with E-state index in [1.165, 1.54) is 0 Å². The maximum atomic E-state index is 11.8. The Hall–Kier alpha value is -2.03. The van der Waals surface area contributed by atoms with Crippen molar-refractivity contribution in [2.45, 2.75) is 13.3 Å². The first kappa shape index (κ1) is 11.5. The van der Waals surface area contributed by atoms with Gasteiger partial charge in [-0.25, -0.2) is 4.79 Å². The highest BCUT2D eigenvalue weighted by molar-refractivity contribution is 6.06. The van der Waals surface area contributed by atoms with Gasteiger partial charge in [0.2, 0.25) is 0 Å². The van der Waals surface area contributed by atoms with Crippen LogP contribution in [0.4, 0.5) is 0 Å². The molecule has 0 fully saturated rings. The number of aromatic hydroxyl groups is 1. The maximum absolute atomic E-state index is 11.8. The largest absolute Gasteiger partial charge is 0.507 e. The van der Waals surface area contributed by atoms with Gasteiger partial charge in [0.25, 0.3) is 0 Å². The maximum Gasteiger partial charge on any atom is 0.338 e. The number of hydrogen-bond donors (Lipinski definition) is 1. The Morgan fingerprint density at radius 2 is 1.88 bits per heavy atom. The summed E-state index contributed by atoms with van der Waals surface area (Å²) in [7, 11) is 0. The Balaban J connectivity index is 2.47. The third kappa shape index (κ3) is 2.23. The van der Waals surface area contributed by atoms with Crippen molar-refractivity contribution in [3.63, 3.8) is 0 Å². The summed E-state index contributed by atoms with van der Waals surface area (Å²) < 4.78 is 5.10. The molecular formula is C14H14O3. The van der Waals surface area contributed by atoms with Gasteiger partial charge in [-0.1, -0.05) is 31.2 Å². The molecule has 0 aliphatic heterocycles.